The second-order valence-corrected chi connectivity index (χ2v) is 11.7. The fourth-order valence-corrected chi connectivity index (χ4v) is 5.49. The molecule has 1 atom stereocenters. The predicted molar refractivity (Wildman–Crippen MR) is 162 cm³/mol. The van der Waals surface area contributed by atoms with Gasteiger partial charge in [0.2, 0.25) is 0 Å². The lowest BCUT2D eigenvalue weighted by Crippen LogP contribution is -2.36. The molecule has 1 amide bonds. The quantitative estimate of drug-likeness (QED) is 0.317. The lowest BCUT2D eigenvalue weighted by Gasteiger charge is -2.28. The lowest BCUT2D eigenvalue weighted by molar-refractivity contribution is 0.0275. The van der Waals surface area contributed by atoms with Crippen LogP contribution in [0.1, 0.15) is 32.8 Å². The monoisotopic (exact) mass is 565 g/mol. The van der Waals surface area contributed by atoms with Crippen LogP contribution in [-0.4, -0.2) is 72.1 Å². The van der Waals surface area contributed by atoms with Gasteiger partial charge in [-0.25, -0.2) is 9.78 Å². The summed E-state index contributed by atoms with van der Waals surface area (Å²) in [7, 11) is 0. The van der Waals surface area contributed by atoms with Crippen molar-refractivity contribution >= 4 is 22.8 Å². The molecular formula is C33H35N5O4. The molecule has 1 N–H and O–H groups in total. The minimum Gasteiger partial charge on any atom is -0.487 e. The molecule has 0 saturated carbocycles. The van der Waals surface area contributed by atoms with Gasteiger partial charge < -0.3 is 29.0 Å². The summed E-state index contributed by atoms with van der Waals surface area (Å²) in [6, 6.07) is 20.6. The summed E-state index contributed by atoms with van der Waals surface area (Å²) in [4.78, 5) is 24.5. The van der Waals surface area contributed by atoms with Crippen LogP contribution in [0.25, 0.3) is 33.4 Å². The summed E-state index contributed by atoms with van der Waals surface area (Å²) in [5.41, 5.74) is 5.82. The summed E-state index contributed by atoms with van der Waals surface area (Å²) in [5.74, 6) is 0.512. The second kappa shape index (κ2) is 11.4. The maximum Gasteiger partial charge on any atom is 0.410 e. The van der Waals surface area contributed by atoms with Crippen LogP contribution in [0.3, 0.4) is 0 Å². The minimum absolute atomic E-state index is 0.204. The number of ether oxygens (including phenoxy) is 3. The van der Waals surface area contributed by atoms with Crippen LogP contribution in [0.15, 0.2) is 60.8 Å². The van der Waals surface area contributed by atoms with Gasteiger partial charge in [-0.15, -0.1) is 0 Å². The Morgan fingerprint density at radius 1 is 1.05 bits per heavy atom. The third-order valence-electron chi connectivity index (χ3n) is 7.59. The van der Waals surface area contributed by atoms with E-state index in [0.29, 0.717) is 30.8 Å². The van der Waals surface area contributed by atoms with E-state index in [1.54, 1.807) is 11.1 Å². The van der Waals surface area contributed by atoms with Gasteiger partial charge in [0, 0.05) is 49.0 Å². The van der Waals surface area contributed by atoms with Crippen molar-refractivity contribution in [3.63, 3.8) is 0 Å². The zero-order valence-electron chi connectivity index (χ0n) is 24.2. The van der Waals surface area contributed by atoms with Crippen molar-refractivity contribution in [3.05, 3.63) is 66.4 Å². The summed E-state index contributed by atoms with van der Waals surface area (Å²) in [5, 5.41) is 10.9. The summed E-state index contributed by atoms with van der Waals surface area (Å²) in [6.07, 6.45) is 1.91. The molecule has 0 aliphatic carbocycles. The Hall–Kier alpha value is -4.55. The molecule has 2 fully saturated rings. The number of rotatable bonds is 5. The standard InChI is InChI=1S/C33H35N5O4/c1-33(2,3)42-32(39)38-13-11-26(21-38)41-30-9-6-23(18-24(30)20-34)27-10-12-35-31-28(27)19-29(36-31)22-4-7-25(8-5-22)37-14-16-40-17-15-37/h4-10,12,18-19,26H,11,13-17,21H2,1-3H3,(H,35,36)/t26-/m0/s1. The first-order valence-electron chi connectivity index (χ1n) is 14.4. The van der Waals surface area contributed by atoms with Gasteiger partial charge in [0.1, 0.15) is 29.2 Å². The highest BCUT2D eigenvalue weighted by molar-refractivity contribution is 5.96. The van der Waals surface area contributed by atoms with E-state index >= 15 is 0 Å². The van der Waals surface area contributed by atoms with Crippen LogP contribution in [0.4, 0.5) is 10.5 Å². The van der Waals surface area contributed by atoms with Crippen LogP contribution in [-0.2, 0) is 9.47 Å². The number of carbonyl (C=O) groups is 1. The normalized spacial score (nSPS) is 17.3. The number of benzene rings is 2. The van der Waals surface area contributed by atoms with Crippen LogP contribution in [0, 0.1) is 11.3 Å². The summed E-state index contributed by atoms with van der Waals surface area (Å²) in [6.45, 7) is 9.85. The SMILES string of the molecule is CC(C)(C)OC(=O)N1CC[C@H](Oc2ccc(-c3ccnc4[nH]c(-c5ccc(N6CCOCC6)cc5)cc34)cc2C#N)C1. The Morgan fingerprint density at radius 3 is 2.55 bits per heavy atom. The Bertz CT molecular complexity index is 1630. The van der Waals surface area contributed by atoms with E-state index in [9.17, 15) is 10.1 Å². The highest BCUT2D eigenvalue weighted by Crippen LogP contribution is 2.34. The van der Waals surface area contributed by atoms with Crippen molar-refractivity contribution in [1.82, 2.24) is 14.9 Å². The first kappa shape index (κ1) is 27.6. The van der Waals surface area contributed by atoms with Crippen LogP contribution in [0.5, 0.6) is 5.75 Å². The van der Waals surface area contributed by atoms with Crippen LogP contribution >= 0.6 is 0 Å². The van der Waals surface area contributed by atoms with Crippen molar-refractivity contribution in [3.8, 4) is 34.2 Å². The zero-order chi connectivity index (χ0) is 29.3. The molecular weight excluding hydrogens is 530 g/mol. The van der Waals surface area contributed by atoms with E-state index in [0.717, 1.165) is 59.7 Å². The molecule has 0 unspecified atom stereocenters. The molecule has 4 heterocycles. The van der Waals surface area contributed by atoms with Gasteiger partial charge in [0.15, 0.2) is 0 Å². The van der Waals surface area contributed by atoms with Crippen LogP contribution < -0.4 is 9.64 Å². The number of H-pyrrole nitrogens is 1. The highest BCUT2D eigenvalue weighted by Gasteiger charge is 2.31. The van der Waals surface area contributed by atoms with Crippen molar-refractivity contribution in [2.24, 2.45) is 0 Å². The number of hydrogen-bond acceptors (Lipinski definition) is 7. The van der Waals surface area contributed by atoms with E-state index in [-0.39, 0.29) is 12.2 Å². The lowest BCUT2D eigenvalue weighted by atomic mass is 10.0. The highest BCUT2D eigenvalue weighted by atomic mass is 16.6. The number of aromatic amines is 1. The Morgan fingerprint density at radius 2 is 1.81 bits per heavy atom. The van der Waals surface area contributed by atoms with Crippen molar-refractivity contribution in [1.29, 1.82) is 5.26 Å². The number of anilines is 1. The van der Waals surface area contributed by atoms with Gasteiger partial charge in [-0.3, -0.25) is 0 Å². The third-order valence-corrected chi connectivity index (χ3v) is 7.59. The van der Waals surface area contributed by atoms with E-state index in [4.69, 9.17) is 14.2 Å². The number of morpholine rings is 1. The molecule has 2 saturated heterocycles. The average molecular weight is 566 g/mol. The van der Waals surface area contributed by atoms with E-state index in [1.807, 2.05) is 45.0 Å². The number of pyridine rings is 1. The molecule has 2 aliphatic heterocycles. The number of likely N-dealkylation sites (tertiary alicyclic amines) is 1. The van der Waals surface area contributed by atoms with Crippen molar-refractivity contribution in [2.75, 3.05) is 44.3 Å². The minimum atomic E-state index is -0.549. The average Bonchev–Trinajstić information content (AvgIpc) is 3.65. The predicted octanol–water partition coefficient (Wildman–Crippen LogP) is 5.99. The number of nitrogens with zero attached hydrogens (tertiary/aromatic N) is 4. The molecule has 6 rings (SSSR count). The van der Waals surface area contributed by atoms with Gasteiger partial charge in [0.25, 0.3) is 0 Å². The second-order valence-electron chi connectivity index (χ2n) is 11.7. The van der Waals surface area contributed by atoms with Crippen LogP contribution in [0.2, 0.25) is 0 Å². The van der Waals surface area contributed by atoms with Gasteiger partial charge in [-0.05, 0) is 73.9 Å². The summed E-state index contributed by atoms with van der Waals surface area (Å²) >= 11 is 0. The van der Waals surface area contributed by atoms with Crippen molar-refractivity contribution in [2.45, 2.75) is 38.9 Å². The number of nitrogens with one attached hydrogen (secondary N) is 1. The topological polar surface area (TPSA) is 104 Å². The number of fused-ring (bicyclic) bond motifs is 1. The van der Waals surface area contributed by atoms with Gasteiger partial charge in [0.05, 0.1) is 25.3 Å². The molecule has 2 aliphatic rings. The first-order chi connectivity index (χ1) is 20.3. The maximum absolute atomic E-state index is 12.4. The molecule has 2 aromatic carbocycles. The molecule has 0 spiro atoms. The van der Waals surface area contributed by atoms with Gasteiger partial charge in [-0.1, -0.05) is 18.2 Å². The number of aromatic nitrogens is 2. The molecule has 42 heavy (non-hydrogen) atoms. The Balaban J connectivity index is 1.20. The van der Waals surface area contributed by atoms with E-state index < -0.39 is 5.60 Å². The molecule has 9 heteroatoms. The van der Waals surface area contributed by atoms with Crippen molar-refractivity contribution < 1.29 is 19.0 Å². The summed E-state index contributed by atoms with van der Waals surface area (Å²) < 4.78 is 17.2. The number of nitriles is 1. The molecule has 9 nitrogen and oxygen atoms in total. The van der Waals surface area contributed by atoms with E-state index in [2.05, 4.69) is 51.3 Å². The number of amides is 1. The van der Waals surface area contributed by atoms with Gasteiger partial charge >= 0.3 is 6.09 Å². The fourth-order valence-electron chi connectivity index (χ4n) is 5.49. The Labute approximate surface area is 245 Å². The third kappa shape index (κ3) is 5.90. The number of carbonyl (C=O) groups excluding carboxylic acids is 1. The zero-order valence-corrected chi connectivity index (χ0v) is 24.2. The van der Waals surface area contributed by atoms with E-state index in [1.165, 1.54) is 5.69 Å². The molecule has 0 bridgehead atoms. The largest absolute Gasteiger partial charge is 0.487 e. The first-order valence-corrected chi connectivity index (χ1v) is 14.4. The number of hydrogen-bond donors (Lipinski definition) is 1. The molecule has 4 aromatic rings. The molecule has 216 valence electrons. The van der Waals surface area contributed by atoms with Gasteiger partial charge in [-0.2, -0.15) is 5.26 Å². The molecule has 0 radical (unpaired) electrons. The smallest absolute Gasteiger partial charge is 0.410 e. The maximum atomic E-state index is 12.4. The Kier molecular flexibility index (Phi) is 7.48. The fraction of sp³-hybridized carbons (Fsp3) is 0.364. The molecule has 2 aromatic heterocycles.